The molecule has 0 spiro atoms. The van der Waals surface area contributed by atoms with Crippen molar-refractivity contribution in [2.45, 2.75) is 46.5 Å². The maximum Gasteiger partial charge on any atom is 0.339 e. The van der Waals surface area contributed by atoms with Crippen LogP contribution in [-0.2, 0) is 4.74 Å². The Kier molecular flexibility index (Phi) is 5.58. The third-order valence-electron chi connectivity index (χ3n) is 3.62. The van der Waals surface area contributed by atoms with E-state index in [0.29, 0.717) is 12.2 Å². The van der Waals surface area contributed by atoms with Gasteiger partial charge in [-0.25, -0.2) is 9.18 Å². The molecule has 0 atom stereocenters. The van der Waals surface area contributed by atoms with Crippen LogP contribution in [0.15, 0.2) is 24.3 Å². The number of carbonyl (C=O) groups excluding carboxylic acids is 1. The number of hydrogen-bond acceptors (Lipinski definition) is 3. The van der Waals surface area contributed by atoms with E-state index >= 15 is 0 Å². The van der Waals surface area contributed by atoms with Gasteiger partial charge in [-0.15, -0.1) is 11.3 Å². The summed E-state index contributed by atoms with van der Waals surface area (Å²) in [5.74, 6) is -0.0673. The van der Waals surface area contributed by atoms with Crippen LogP contribution in [0, 0.1) is 5.82 Å². The minimum absolute atomic E-state index is 0.228. The molecule has 0 N–H and O–H groups in total. The molecule has 0 saturated heterocycles. The average molecular weight is 334 g/mol. The second-order valence-corrected chi connectivity index (χ2v) is 7.20. The number of thiophene rings is 1. The van der Waals surface area contributed by atoms with Crippen molar-refractivity contribution in [1.29, 1.82) is 0 Å². The van der Waals surface area contributed by atoms with Gasteiger partial charge in [-0.1, -0.05) is 39.8 Å². The molecule has 0 unspecified atom stereocenters. The van der Waals surface area contributed by atoms with Gasteiger partial charge in [-0.2, -0.15) is 0 Å². The molecule has 2 aromatic rings. The zero-order valence-electron chi connectivity index (χ0n) is 14.3. The summed E-state index contributed by atoms with van der Waals surface area (Å²) in [5.41, 5.74) is 2.40. The molecule has 0 aliphatic rings. The van der Waals surface area contributed by atoms with Gasteiger partial charge >= 0.3 is 5.97 Å². The molecule has 0 fully saturated rings. The summed E-state index contributed by atoms with van der Waals surface area (Å²) in [5, 5.41) is 0. The number of benzene rings is 1. The van der Waals surface area contributed by atoms with Gasteiger partial charge in [0.25, 0.3) is 0 Å². The van der Waals surface area contributed by atoms with Crippen molar-refractivity contribution in [2.24, 2.45) is 0 Å². The summed E-state index contributed by atoms with van der Waals surface area (Å²) in [4.78, 5) is 14.8. The van der Waals surface area contributed by atoms with Crippen molar-refractivity contribution in [2.75, 3.05) is 6.61 Å². The Morgan fingerprint density at radius 1 is 1.09 bits per heavy atom. The van der Waals surface area contributed by atoms with Crippen LogP contribution in [0.4, 0.5) is 4.39 Å². The molecule has 0 radical (unpaired) electrons. The van der Waals surface area contributed by atoms with E-state index in [4.69, 9.17) is 4.74 Å². The van der Waals surface area contributed by atoms with Crippen molar-refractivity contribution in [1.82, 2.24) is 0 Å². The lowest BCUT2D eigenvalue weighted by atomic mass is 9.94. The summed E-state index contributed by atoms with van der Waals surface area (Å²) in [6, 6.07) is 6.33. The fourth-order valence-corrected chi connectivity index (χ4v) is 3.91. The number of hydrogen-bond donors (Lipinski definition) is 0. The second-order valence-electron chi connectivity index (χ2n) is 6.12. The maximum absolute atomic E-state index is 13.3. The van der Waals surface area contributed by atoms with E-state index < -0.39 is 0 Å². The molecule has 1 heterocycles. The van der Waals surface area contributed by atoms with Crippen molar-refractivity contribution < 1.29 is 13.9 Å². The molecule has 2 nitrogen and oxygen atoms in total. The Morgan fingerprint density at radius 3 is 2.13 bits per heavy atom. The third kappa shape index (κ3) is 3.63. The van der Waals surface area contributed by atoms with Crippen LogP contribution >= 0.6 is 11.3 Å². The average Bonchev–Trinajstić information content (AvgIpc) is 2.89. The lowest BCUT2D eigenvalue weighted by molar-refractivity contribution is 0.0526. The highest BCUT2D eigenvalue weighted by molar-refractivity contribution is 7.13. The summed E-state index contributed by atoms with van der Waals surface area (Å²) < 4.78 is 18.6. The van der Waals surface area contributed by atoms with E-state index in [-0.39, 0.29) is 23.6 Å². The van der Waals surface area contributed by atoms with Crippen LogP contribution in [0.25, 0.3) is 11.1 Å². The predicted octanol–water partition coefficient (Wildman–Crippen LogP) is 5.98. The topological polar surface area (TPSA) is 26.3 Å². The molecule has 23 heavy (non-hydrogen) atoms. The van der Waals surface area contributed by atoms with Gasteiger partial charge in [0.15, 0.2) is 0 Å². The smallest absolute Gasteiger partial charge is 0.339 e. The number of carbonyl (C=O) groups is 1. The van der Waals surface area contributed by atoms with E-state index in [0.717, 1.165) is 20.9 Å². The molecule has 1 aromatic carbocycles. The molecule has 2 rings (SSSR count). The van der Waals surface area contributed by atoms with Gasteiger partial charge < -0.3 is 4.74 Å². The first kappa shape index (κ1) is 17.7. The predicted molar refractivity (Wildman–Crippen MR) is 93.8 cm³/mol. The first-order chi connectivity index (χ1) is 10.9. The van der Waals surface area contributed by atoms with Crippen molar-refractivity contribution >= 4 is 17.3 Å². The maximum atomic E-state index is 13.3. The number of ether oxygens (including phenoxy) is 1. The summed E-state index contributed by atoms with van der Waals surface area (Å²) in [6.07, 6.45) is 0. The van der Waals surface area contributed by atoms with E-state index in [1.165, 1.54) is 12.1 Å². The Labute approximate surface area is 141 Å². The largest absolute Gasteiger partial charge is 0.462 e. The van der Waals surface area contributed by atoms with E-state index in [1.807, 2.05) is 0 Å². The minimum atomic E-state index is -0.293. The lowest BCUT2D eigenvalue weighted by Crippen LogP contribution is -2.08. The SMILES string of the molecule is CCOC(=O)c1c(C(C)C)sc(C(C)C)c1-c1ccc(F)cc1. The highest BCUT2D eigenvalue weighted by Gasteiger charge is 2.28. The normalized spacial score (nSPS) is 11.3. The fraction of sp³-hybridized carbons (Fsp3) is 0.421. The number of halogens is 1. The van der Waals surface area contributed by atoms with E-state index in [2.05, 4.69) is 27.7 Å². The van der Waals surface area contributed by atoms with Crippen LogP contribution in [0.5, 0.6) is 0 Å². The molecule has 0 aliphatic heterocycles. The molecule has 4 heteroatoms. The van der Waals surface area contributed by atoms with Gasteiger partial charge in [0.05, 0.1) is 12.2 Å². The van der Waals surface area contributed by atoms with Crippen LogP contribution in [0.1, 0.15) is 66.6 Å². The monoisotopic (exact) mass is 334 g/mol. The van der Waals surface area contributed by atoms with Crippen molar-refractivity contribution in [3.05, 3.63) is 45.4 Å². The quantitative estimate of drug-likeness (QED) is 0.629. The number of rotatable bonds is 5. The molecular formula is C19H23FO2S. The molecule has 124 valence electrons. The standard InChI is InChI=1S/C19H23FO2S/c1-6-22-19(21)16-15(13-7-9-14(20)10-8-13)17(11(2)3)23-18(16)12(4)5/h7-12H,6H2,1-5H3. The summed E-state index contributed by atoms with van der Waals surface area (Å²) >= 11 is 1.66. The zero-order chi connectivity index (χ0) is 17.1. The van der Waals surface area contributed by atoms with Gasteiger partial charge in [-0.3, -0.25) is 0 Å². The molecule has 0 saturated carbocycles. The lowest BCUT2D eigenvalue weighted by Gasteiger charge is -2.11. The summed E-state index contributed by atoms with van der Waals surface area (Å²) in [7, 11) is 0. The van der Waals surface area contributed by atoms with E-state index in [1.54, 1.807) is 30.4 Å². The molecule has 0 amide bonds. The van der Waals surface area contributed by atoms with E-state index in [9.17, 15) is 9.18 Å². The van der Waals surface area contributed by atoms with Gasteiger partial charge in [0, 0.05) is 15.3 Å². The van der Waals surface area contributed by atoms with Crippen molar-refractivity contribution in [3.8, 4) is 11.1 Å². The van der Waals surface area contributed by atoms with Crippen LogP contribution < -0.4 is 0 Å². The molecule has 0 bridgehead atoms. The fourth-order valence-electron chi connectivity index (χ4n) is 2.59. The highest BCUT2D eigenvalue weighted by atomic mass is 32.1. The Bertz CT molecular complexity index is 684. The van der Waals surface area contributed by atoms with Crippen LogP contribution in [-0.4, -0.2) is 12.6 Å². The van der Waals surface area contributed by atoms with Crippen molar-refractivity contribution in [3.63, 3.8) is 0 Å². The first-order valence-corrected chi connectivity index (χ1v) is 8.78. The Balaban J connectivity index is 2.74. The highest BCUT2D eigenvalue weighted by Crippen LogP contribution is 2.44. The van der Waals surface area contributed by atoms with Gasteiger partial charge in [0.2, 0.25) is 0 Å². The van der Waals surface area contributed by atoms with Crippen LogP contribution in [0.3, 0.4) is 0 Å². The zero-order valence-corrected chi connectivity index (χ0v) is 15.1. The number of esters is 1. The minimum Gasteiger partial charge on any atom is -0.462 e. The van der Waals surface area contributed by atoms with Crippen LogP contribution in [0.2, 0.25) is 0 Å². The first-order valence-electron chi connectivity index (χ1n) is 7.96. The molecule has 0 aliphatic carbocycles. The van der Waals surface area contributed by atoms with Gasteiger partial charge in [0.1, 0.15) is 5.82 Å². The summed E-state index contributed by atoms with van der Waals surface area (Å²) in [6.45, 7) is 10.5. The Morgan fingerprint density at radius 2 is 1.65 bits per heavy atom. The Hall–Kier alpha value is -1.68. The molecular weight excluding hydrogens is 311 g/mol. The second kappa shape index (κ2) is 7.26. The molecule has 1 aromatic heterocycles. The third-order valence-corrected chi connectivity index (χ3v) is 5.41. The van der Waals surface area contributed by atoms with Gasteiger partial charge in [-0.05, 0) is 36.5 Å².